The van der Waals surface area contributed by atoms with Crippen LogP contribution in [0.5, 0.6) is 0 Å². The van der Waals surface area contributed by atoms with Gasteiger partial charge in [-0.2, -0.15) is 13.2 Å². The number of nitrogens with one attached hydrogen (secondary N) is 1. The van der Waals surface area contributed by atoms with E-state index < -0.39 is 47.2 Å². The third-order valence-electron chi connectivity index (χ3n) is 2.09. The number of sulfonamides is 1. The molecule has 0 aliphatic heterocycles. The van der Waals surface area contributed by atoms with Crippen LogP contribution in [0, 0.1) is 5.92 Å². The van der Waals surface area contributed by atoms with Gasteiger partial charge in [-0.25, -0.2) is 13.1 Å². The highest BCUT2D eigenvalue weighted by Crippen LogP contribution is 2.14. The minimum absolute atomic E-state index is 0.0553. The van der Waals surface area contributed by atoms with Gasteiger partial charge in [-0.15, -0.1) is 0 Å². The van der Waals surface area contributed by atoms with E-state index in [9.17, 15) is 26.4 Å². The van der Waals surface area contributed by atoms with E-state index in [0.29, 0.717) is 0 Å². The van der Waals surface area contributed by atoms with Crippen molar-refractivity contribution in [2.24, 2.45) is 5.92 Å². The SMILES string of the molecule is CC(C)C[C@H](NS(=O)(=O)CCOCC(F)(F)F)C(=O)O. The van der Waals surface area contributed by atoms with E-state index in [0.717, 1.165) is 0 Å². The summed E-state index contributed by atoms with van der Waals surface area (Å²) in [6, 6.07) is -1.30. The molecule has 0 bridgehead atoms. The molecule has 0 spiro atoms. The summed E-state index contributed by atoms with van der Waals surface area (Å²) in [5.41, 5.74) is 0. The van der Waals surface area contributed by atoms with Crippen LogP contribution in [0.2, 0.25) is 0 Å². The predicted octanol–water partition coefficient (Wildman–Crippen LogP) is 0.984. The van der Waals surface area contributed by atoms with Crippen molar-refractivity contribution in [2.45, 2.75) is 32.5 Å². The maximum absolute atomic E-state index is 11.8. The Morgan fingerprint density at radius 3 is 2.30 bits per heavy atom. The Balaban J connectivity index is 4.32. The molecule has 0 fully saturated rings. The normalized spacial score (nSPS) is 14.5. The summed E-state index contributed by atoms with van der Waals surface area (Å²) in [4.78, 5) is 10.9. The number of hydrogen-bond donors (Lipinski definition) is 2. The van der Waals surface area contributed by atoms with Crippen molar-refractivity contribution in [1.82, 2.24) is 4.72 Å². The maximum Gasteiger partial charge on any atom is 0.411 e. The van der Waals surface area contributed by atoms with Crippen LogP contribution >= 0.6 is 0 Å². The number of hydrogen-bond acceptors (Lipinski definition) is 4. The minimum Gasteiger partial charge on any atom is -0.480 e. The van der Waals surface area contributed by atoms with Crippen LogP contribution in [-0.4, -0.2) is 50.7 Å². The molecule has 20 heavy (non-hydrogen) atoms. The summed E-state index contributed by atoms with van der Waals surface area (Å²) in [6.07, 6.45) is -4.45. The second-order valence-electron chi connectivity index (χ2n) is 4.62. The Labute approximate surface area is 115 Å². The summed E-state index contributed by atoms with van der Waals surface area (Å²) in [6.45, 7) is 1.23. The zero-order chi connectivity index (χ0) is 16.0. The molecule has 0 aromatic heterocycles. The van der Waals surface area contributed by atoms with Gasteiger partial charge in [0, 0.05) is 0 Å². The Morgan fingerprint density at radius 1 is 1.35 bits per heavy atom. The van der Waals surface area contributed by atoms with Crippen molar-refractivity contribution in [1.29, 1.82) is 0 Å². The second kappa shape index (κ2) is 7.79. The molecule has 2 N–H and O–H groups in total. The van der Waals surface area contributed by atoms with E-state index in [1.165, 1.54) is 0 Å². The molecule has 1 atom stereocenters. The zero-order valence-corrected chi connectivity index (χ0v) is 11.9. The standard InChI is InChI=1S/C10H18F3NO5S/c1-7(2)5-8(9(15)16)14-20(17,18)4-3-19-6-10(11,12)13/h7-8,14H,3-6H2,1-2H3,(H,15,16)/t8-/m0/s1. The molecule has 0 saturated carbocycles. The molecule has 0 aromatic rings. The average molecular weight is 321 g/mol. The molecule has 0 aliphatic carbocycles. The van der Waals surface area contributed by atoms with Crippen molar-refractivity contribution < 1.29 is 36.2 Å². The van der Waals surface area contributed by atoms with Crippen LogP contribution in [0.1, 0.15) is 20.3 Å². The minimum atomic E-state index is -4.53. The molecule has 0 heterocycles. The molecular weight excluding hydrogens is 303 g/mol. The van der Waals surface area contributed by atoms with Crippen LogP contribution in [0.4, 0.5) is 13.2 Å². The van der Waals surface area contributed by atoms with E-state index in [4.69, 9.17) is 5.11 Å². The molecular formula is C10H18F3NO5S. The Morgan fingerprint density at radius 2 is 1.90 bits per heavy atom. The van der Waals surface area contributed by atoms with Crippen molar-refractivity contribution >= 4 is 16.0 Å². The lowest BCUT2D eigenvalue weighted by Crippen LogP contribution is -2.43. The van der Waals surface area contributed by atoms with Gasteiger partial charge in [-0.1, -0.05) is 13.8 Å². The van der Waals surface area contributed by atoms with Crippen LogP contribution in [0.3, 0.4) is 0 Å². The topological polar surface area (TPSA) is 92.7 Å². The fourth-order valence-electron chi connectivity index (χ4n) is 1.30. The number of carbonyl (C=O) groups is 1. The second-order valence-corrected chi connectivity index (χ2v) is 6.50. The van der Waals surface area contributed by atoms with E-state index in [1.54, 1.807) is 13.8 Å². The van der Waals surface area contributed by atoms with Gasteiger partial charge in [0.2, 0.25) is 10.0 Å². The number of carboxylic acid groups (broad SMARTS) is 1. The van der Waals surface area contributed by atoms with Crippen LogP contribution < -0.4 is 4.72 Å². The lowest BCUT2D eigenvalue weighted by Gasteiger charge is -2.16. The molecule has 6 nitrogen and oxygen atoms in total. The van der Waals surface area contributed by atoms with Crippen molar-refractivity contribution in [3.05, 3.63) is 0 Å². The summed E-state index contributed by atoms with van der Waals surface area (Å²) in [5.74, 6) is -2.12. The molecule has 0 rings (SSSR count). The van der Waals surface area contributed by atoms with E-state index in [-0.39, 0.29) is 12.3 Å². The highest BCUT2D eigenvalue weighted by atomic mass is 32.2. The molecule has 0 aliphatic rings. The number of halogens is 3. The molecule has 10 heteroatoms. The monoisotopic (exact) mass is 321 g/mol. The Kier molecular flexibility index (Phi) is 7.45. The van der Waals surface area contributed by atoms with Crippen LogP contribution in [0.25, 0.3) is 0 Å². The fourth-order valence-corrected chi connectivity index (χ4v) is 2.39. The third kappa shape index (κ3) is 9.98. The summed E-state index contributed by atoms with van der Waals surface area (Å²) < 4.78 is 64.4. The van der Waals surface area contributed by atoms with Gasteiger partial charge in [0.05, 0.1) is 12.4 Å². The number of ether oxygens (including phenoxy) is 1. The first-order valence-electron chi connectivity index (χ1n) is 5.80. The summed E-state index contributed by atoms with van der Waals surface area (Å²) in [7, 11) is -4.01. The first-order valence-corrected chi connectivity index (χ1v) is 7.45. The van der Waals surface area contributed by atoms with Gasteiger partial charge in [-0.3, -0.25) is 4.79 Å². The Hall–Kier alpha value is -0.870. The highest BCUT2D eigenvalue weighted by molar-refractivity contribution is 7.89. The van der Waals surface area contributed by atoms with Gasteiger partial charge < -0.3 is 9.84 Å². The van der Waals surface area contributed by atoms with Crippen molar-refractivity contribution in [2.75, 3.05) is 19.0 Å². The average Bonchev–Trinajstić information content (AvgIpc) is 2.21. The number of carboxylic acids is 1. The zero-order valence-electron chi connectivity index (χ0n) is 11.1. The molecule has 120 valence electrons. The lowest BCUT2D eigenvalue weighted by atomic mass is 10.1. The highest BCUT2D eigenvalue weighted by Gasteiger charge is 2.28. The first kappa shape index (κ1) is 19.1. The first-order chi connectivity index (χ1) is 8.93. The lowest BCUT2D eigenvalue weighted by molar-refractivity contribution is -0.172. The van der Waals surface area contributed by atoms with Gasteiger partial charge >= 0.3 is 12.1 Å². The molecule has 0 saturated heterocycles. The fraction of sp³-hybridized carbons (Fsp3) is 0.900. The summed E-state index contributed by atoms with van der Waals surface area (Å²) in [5, 5.41) is 8.86. The van der Waals surface area contributed by atoms with E-state index in [1.807, 2.05) is 4.72 Å². The predicted molar refractivity (Wildman–Crippen MR) is 64.7 cm³/mol. The maximum atomic E-state index is 11.8. The van der Waals surface area contributed by atoms with Gasteiger partial charge in [0.15, 0.2) is 0 Å². The summed E-state index contributed by atoms with van der Waals surface area (Å²) >= 11 is 0. The van der Waals surface area contributed by atoms with Crippen molar-refractivity contribution in [3.8, 4) is 0 Å². The van der Waals surface area contributed by atoms with Crippen LogP contribution in [0.15, 0.2) is 0 Å². The van der Waals surface area contributed by atoms with Crippen molar-refractivity contribution in [3.63, 3.8) is 0 Å². The molecule has 0 unspecified atom stereocenters. The Bertz CT molecular complexity index is 408. The molecule has 0 aromatic carbocycles. The van der Waals surface area contributed by atoms with Gasteiger partial charge in [0.1, 0.15) is 12.6 Å². The smallest absolute Gasteiger partial charge is 0.411 e. The van der Waals surface area contributed by atoms with Gasteiger partial charge in [-0.05, 0) is 12.3 Å². The van der Waals surface area contributed by atoms with E-state index >= 15 is 0 Å². The largest absolute Gasteiger partial charge is 0.480 e. The van der Waals surface area contributed by atoms with Gasteiger partial charge in [0.25, 0.3) is 0 Å². The quantitative estimate of drug-likeness (QED) is 0.618. The van der Waals surface area contributed by atoms with E-state index in [2.05, 4.69) is 4.74 Å². The molecule has 0 radical (unpaired) electrons. The third-order valence-corrected chi connectivity index (χ3v) is 3.44. The number of rotatable bonds is 9. The van der Waals surface area contributed by atoms with Crippen LogP contribution in [-0.2, 0) is 19.6 Å². The number of aliphatic carboxylic acids is 1. The number of alkyl halides is 3. The molecule has 0 amide bonds.